The molecule has 1 aliphatic rings. The predicted molar refractivity (Wildman–Crippen MR) is 95.5 cm³/mol. The Morgan fingerprint density at radius 1 is 1.35 bits per heavy atom. The van der Waals surface area contributed by atoms with Crippen LogP contribution in [0.25, 0.3) is 0 Å². The minimum Gasteiger partial charge on any atom is -0.352 e. The van der Waals surface area contributed by atoms with Crippen LogP contribution in [0, 0.1) is 0 Å². The summed E-state index contributed by atoms with van der Waals surface area (Å²) in [6.07, 6.45) is 5.35. The maximum atomic E-state index is 12.5. The zero-order valence-corrected chi connectivity index (χ0v) is 15.6. The summed E-state index contributed by atoms with van der Waals surface area (Å²) in [6.45, 7) is 1.02. The highest BCUT2D eigenvalue weighted by Gasteiger charge is 2.33. The second-order valence-corrected chi connectivity index (χ2v) is 8.43. The van der Waals surface area contributed by atoms with E-state index in [9.17, 15) is 13.2 Å². The van der Waals surface area contributed by atoms with Gasteiger partial charge in [-0.05, 0) is 24.6 Å². The molecule has 1 N–H and O–H groups in total. The summed E-state index contributed by atoms with van der Waals surface area (Å²) >= 11 is 0. The van der Waals surface area contributed by atoms with Crippen molar-refractivity contribution in [2.24, 2.45) is 0 Å². The molecule has 0 fully saturated rings. The van der Waals surface area contributed by atoms with Crippen LogP contribution in [0.1, 0.15) is 28.5 Å². The number of carbonyl (C=O) groups excluding carboxylic acids is 1. The molecular formula is C16H22N6O3S. The van der Waals surface area contributed by atoms with Crippen molar-refractivity contribution in [3.05, 3.63) is 48.0 Å². The lowest BCUT2D eigenvalue weighted by atomic mass is 10.1. The van der Waals surface area contributed by atoms with Gasteiger partial charge >= 0.3 is 0 Å². The molecule has 3 rings (SSSR count). The molecule has 0 bridgehead atoms. The number of nitrogens with zero attached hydrogens (tertiary/aromatic N) is 5. The number of aromatic nitrogens is 3. The third kappa shape index (κ3) is 3.76. The number of rotatable bonds is 6. The molecule has 1 aliphatic heterocycles. The number of hydrogen-bond acceptors (Lipinski definition) is 5. The number of fused-ring (bicyclic) bond motifs is 1. The summed E-state index contributed by atoms with van der Waals surface area (Å²) in [5, 5.41) is 7.16. The molecular weight excluding hydrogens is 356 g/mol. The van der Waals surface area contributed by atoms with Gasteiger partial charge in [0.05, 0.1) is 23.8 Å². The van der Waals surface area contributed by atoms with E-state index < -0.39 is 10.2 Å². The summed E-state index contributed by atoms with van der Waals surface area (Å²) in [7, 11) is -0.471. The molecule has 10 heteroatoms. The van der Waals surface area contributed by atoms with Gasteiger partial charge in [-0.3, -0.25) is 14.5 Å². The van der Waals surface area contributed by atoms with E-state index >= 15 is 0 Å². The third-order valence-electron chi connectivity index (χ3n) is 4.33. The number of amides is 1. The minimum absolute atomic E-state index is 0.141. The molecule has 2 aromatic heterocycles. The molecule has 2 aromatic rings. The molecule has 0 spiro atoms. The van der Waals surface area contributed by atoms with Gasteiger partial charge in [-0.15, -0.1) is 0 Å². The summed E-state index contributed by atoms with van der Waals surface area (Å²) in [5.74, 6) is -0.202. The number of carbonyl (C=O) groups is 1. The fourth-order valence-corrected chi connectivity index (χ4v) is 4.04. The average molecular weight is 378 g/mol. The standard InChI is InChI=1S/C16H22N6O3S/c1-20(2)26(24,25)21-11-14(22-15(12-21)6-9-19-22)5-8-18-16(23)13-4-3-7-17-10-13/h3-4,6-7,9-10,14H,5,8,11-12H2,1-2H3,(H,18,23)/t14-/m0/s1. The first-order valence-electron chi connectivity index (χ1n) is 8.28. The predicted octanol–water partition coefficient (Wildman–Crippen LogP) is 0.261. The molecule has 3 heterocycles. The van der Waals surface area contributed by atoms with E-state index in [1.165, 1.54) is 28.9 Å². The van der Waals surface area contributed by atoms with Crippen LogP contribution in [0.3, 0.4) is 0 Å². The molecule has 1 amide bonds. The highest BCUT2D eigenvalue weighted by molar-refractivity contribution is 7.86. The lowest BCUT2D eigenvalue weighted by molar-refractivity contribution is 0.0949. The van der Waals surface area contributed by atoms with Gasteiger partial charge < -0.3 is 5.32 Å². The van der Waals surface area contributed by atoms with E-state index in [4.69, 9.17) is 0 Å². The molecule has 0 aromatic carbocycles. The Labute approximate surface area is 152 Å². The van der Waals surface area contributed by atoms with Crippen molar-refractivity contribution < 1.29 is 13.2 Å². The van der Waals surface area contributed by atoms with E-state index in [0.29, 0.717) is 31.6 Å². The summed E-state index contributed by atoms with van der Waals surface area (Å²) in [6, 6.07) is 5.08. The first kappa shape index (κ1) is 18.5. The lowest BCUT2D eigenvalue weighted by Crippen LogP contribution is -2.46. The van der Waals surface area contributed by atoms with Gasteiger partial charge in [0.15, 0.2) is 0 Å². The van der Waals surface area contributed by atoms with Crippen LogP contribution < -0.4 is 5.32 Å². The van der Waals surface area contributed by atoms with Crippen molar-refractivity contribution in [1.29, 1.82) is 0 Å². The first-order valence-corrected chi connectivity index (χ1v) is 9.67. The van der Waals surface area contributed by atoms with Crippen molar-refractivity contribution in [1.82, 2.24) is 28.7 Å². The molecule has 1 atom stereocenters. The molecule has 0 saturated heterocycles. The van der Waals surface area contributed by atoms with Gasteiger partial charge in [-0.1, -0.05) is 0 Å². The molecule has 26 heavy (non-hydrogen) atoms. The molecule has 0 aliphatic carbocycles. The fraction of sp³-hybridized carbons (Fsp3) is 0.438. The van der Waals surface area contributed by atoms with Crippen molar-refractivity contribution in [2.75, 3.05) is 27.2 Å². The first-order chi connectivity index (χ1) is 12.4. The molecule has 140 valence electrons. The monoisotopic (exact) mass is 378 g/mol. The van der Waals surface area contributed by atoms with Crippen LogP contribution in [0.5, 0.6) is 0 Å². The zero-order valence-electron chi connectivity index (χ0n) is 14.7. The maximum absolute atomic E-state index is 12.5. The van der Waals surface area contributed by atoms with E-state index in [0.717, 1.165) is 5.69 Å². The van der Waals surface area contributed by atoms with Crippen LogP contribution in [0.4, 0.5) is 0 Å². The van der Waals surface area contributed by atoms with Crippen LogP contribution in [-0.4, -0.2) is 64.9 Å². The second-order valence-electron chi connectivity index (χ2n) is 6.29. The van der Waals surface area contributed by atoms with Crippen LogP contribution in [0.15, 0.2) is 36.8 Å². The maximum Gasteiger partial charge on any atom is 0.281 e. The smallest absolute Gasteiger partial charge is 0.281 e. The molecule has 0 saturated carbocycles. The van der Waals surface area contributed by atoms with Gasteiger partial charge in [-0.25, -0.2) is 0 Å². The Hall–Kier alpha value is -2.30. The minimum atomic E-state index is -3.51. The fourth-order valence-electron chi connectivity index (χ4n) is 2.93. The quantitative estimate of drug-likeness (QED) is 0.777. The molecule has 0 radical (unpaired) electrons. The Balaban J connectivity index is 1.66. The Morgan fingerprint density at radius 3 is 2.85 bits per heavy atom. The summed E-state index contributed by atoms with van der Waals surface area (Å²) in [4.78, 5) is 16.0. The Morgan fingerprint density at radius 2 is 2.15 bits per heavy atom. The van der Waals surface area contributed by atoms with Crippen molar-refractivity contribution >= 4 is 16.1 Å². The molecule has 0 unspecified atom stereocenters. The summed E-state index contributed by atoms with van der Waals surface area (Å²) < 4.78 is 29.4. The number of nitrogens with one attached hydrogen (secondary N) is 1. The van der Waals surface area contributed by atoms with Gasteiger partial charge in [0, 0.05) is 45.8 Å². The zero-order chi connectivity index (χ0) is 18.7. The lowest BCUT2D eigenvalue weighted by Gasteiger charge is -2.34. The van der Waals surface area contributed by atoms with Crippen LogP contribution in [-0.2, 0) is 16.8 Å². The van der Waals surface area contributed by atoms with E-state index in [1.54, 1.807) is 24.5 Å². The van der Waals surface area contributed by atoms with Gasteiger partial charge in [0.25, 0.3) is 16.1 Å². The summed E-state index contributed by atoms with van der Waals surface area (Å²) in [5.41, 5.74) is 1.33. The number of pyridine rings is 1. The van der Waals surface area contributed by atoms with Crippen molar-refractivity contribution in [2.45, 2.75) is 19.0 Å². The van der Waals surface area contributed by atoms with E-state index in [2.05, 4.69) is 15.4 Å². The normalized spacial score (nSPS) is 17.9. The van der Waals surface area contributed by atoms with Crippen molar-refractivity contribution in [3.63, 3.8) is 0 Å². The SMILES string of the molecule is CN(C)S(=O)(=O)N1Cc2ccnn2[C@@H](CCNC(=O)c2cccnc2)C1. The topological polar surface area (TPSA) is 100 Å². The highest BCUT2D eigenvalue weighted by atomic mass is 32.2. The van der Waals surface area contributed by atoms with Crippen molar-refractivity contribution in [3.8, 4) is 0 Å². The second kappa shape index (κ2) is 7.52. The Bertz CT molecular complexity index is 865. The van der Waals surface area contributed by atoms with Crippen LogP contribution in [0.2, 0.25) is 0 Å². The van der Waals surface area contributed by atoms with Crippen LogP contribution >= 0.6 is 0 Å². The van der Waals surface area contributed by atoms with E-state index in [-0.39, 0.29) is 11.9 Å². The van der Waals surface area contributed by atoms with Gasteiger partial charge in [0.2, 0.25) is 0 Å². The van der Waals surface area contributed by atoms with E-state index in [1.807, 2.05) is 10.7 Å². The van der Waals surface area contributed by atoms with Gasteiger partial charge in [0.1, 0.15) is 0 Å². The number of hydrogen-bond donors (Lipinski definition) is 1. The molecule has 9 nitrogen and oxygen atoms in total. The Kier molecular flexibility index (Phi) is 5.35. The highest BCUT2D eigenvalue weighted by Crippen LogP contribution is 2.25. The average Bonchev–Trinajstić information content (AvgIpc) is 3.11. The third-order valence-corrected chi connectivity index (χ3v) is 6.18. The largest absolute Gasteiger partial charge is 0.352 e. The van der Waals surface area contributed by atoms with Gasteiger partial charge in [-0.2, -0.15) is 22.1 Å².